The van der Waals surface area contributed by atoms with Crippen molar-refractivity contribution < 1.29 is 14.2 Å². The highest BCUT2D eigenvalue weighted by molar-refractivity contribution is 5.92. The van der Waals surface area contributed by atoms with Crippen molar-refractivity contribution in [3.05, 3.63) is 47.5 Å². The number of guanidine groups is 1. The van der Waals surface area contributed by atoms with Crippen molar-refractivity contribution in [1.29, 1.82) is 0 Å². The van der Waals surface area contributed by atoms with E-state index < -0.39 is 0 Å². The van der Waals surface area contributed by atoms with Gasteiger partial charge in [0.25, 0.3) is 0 Å². The van der Waals surface area contributed by atoms with Gasteiger partial charge in [0.15, 0.2) is 5.96 Å². The van der Waals surface area contributed by atoms with Crippen LogP contribution in [0.3, 0.4) is 0 Å². The number of benzene rings is 2. The highest BCUT2D eigenvalue weighted by Gasteiger charge is 2.12. The van der Waals surface area contributed by atoms with Crippen LogP contribution >= 0.6 is 0 Å². The van der Waals surface area contributed by atoms with Crippen LogP contribution in [0.2, 0.25) is 0 Å². The van der Waals surface area contributed by atoms with Crippen LogP contribution in [-0.2, 0) is 6.42 Å². The van der Waals surface area contributed by atoms with Crippen LogP contribution < -0.4 is 25.3 Å². The Kier molecular flexibility index (Phi) is 6.51. The van der Waals surface area contributed by atoms with Crippen molar-refractivity contribution in [1.82, 2.24) is 0 Å². The van der Waals surface area contributed by atoms with E-state index in [4.69, 9.17) is 19.9 Å². The molecule has 0 saturated carbocycles. The number of ether oxygens (including phenoxy) is 3. The third-order valence-electron chi connectivity index (χ3n) is 3.79. The van der Waals surface area contributed by atoms with E-state index in [1.165, 1.54) is 5.56 Å². The lowest BCUT2D eigenvalue weighted by Gasteiger charge is -2.14. The predicted octanol–water partition coefficient (Wildman–Crippen LogP) is 2.99. The Labute approximate surface area is 148 Å². The zero-order valence-electron chi connectivity index (χ0n) is 15.1. The molecule has 6 heteroatoms. The zero-order valence-corrected chi connectivity index (χ0v) is 15.1. The van der Waals surface area contributed by atoms with Gasteiger partial charge in [0.2, 0.25) is 0 Å². The second-order valence-electron chi connectivity index (χ2n) is 5.52. The largest absolute Gasteiger partial charge is 0.496 e. The van der Waals surface area contributed by atoms with Gasteiger partial charge in [0, 0.05) is 29.9 Å². The molecule has 3 N–H and O–H groups in total. The molecule has 2 aromatic carbocycles. The summed E-state index contributed by atoms with van der Waals surface area (Å²) < 4.78 is 16.1. The number of aliphatic imine (C=N–C) groups is 1. The summed E-state index contributed by atoms with van der Waals surface area (Å²) in [5.41, 5.74) is 8.98. The smallest absolute Gasteiger partial charge is 0.193 e. The Bertz CT molecular complexity index is 702. The first kappa shape index (κ1) is 18.4. The van der Waals surface area contributed by atoms with E-state index in [0.717, 1.165) is 11.3 Å². The molecule has 0 aromatic heterocycles. The number of anilines is 1. The molecule has 0 radical (unpaired) electrons. The van der Waals surface area contributed by atoms with E-state index in [1.807, 2.05) is 43.3 Å². The van der Waals surface area contributed by atoms with E-state index in [-0.39, 0.29) is 0 Å². The van der Waals surface area contributed by atoms with Crippen molar-refractivity contribution >= 4 is 11.6 Å². The number of hydrogen-bond acceptors (Lipinski definition) is 4. The van der Waals surface area contributed by atoms with E-state index in [2.05, 4.69) is 10.3 Å². The van der Waals surface area contributed by atoms with Crippen molar-refractivity contribution in [2.75, 3.05) is 33.2 Å². The molecule has 2 aromatic rings. The molecule has 0 bridgehead atoms. The molecule has 0 unspecified atom stereocenters. The lowest BCUT2D eigenvalue weighted by Crippen LogP contribution is -2.23. The summed E-state index contributed by atoms with van der Waals surface area (Å²) in [6, 6.07) is 11.6. The first-order chi connectivity index (χ1) is 12.1. The van der Waals surface area contributed by atoms with E-state index in [9.17, 15) is 0 Å². The number of nitrogens with one attached hydrogen (secondary N) is 1. The van der Waals surface area contributed by atoms with Crippen LogP contribution in [0.1, 0.15) is 11.1 Å². The number of hydrogen-bond donors (Lipinski definition) is 2. The normalized spacial score (nSPS) is 11.1. The molecule has 6 nitrogen and oxygen atoms in total. The van der Waals surface area contributed by atoms with Gasteiger partial charge in [-0.1, -0.05) is 17.7 Å². The van der Waals surface area contributed by atoms with E-state index in [1.54, 1.807) is 21.3 Å². The molecule has 134 valence electrons. The Morgan fingerprint density at radius 1 is 1.00 bits per heavy atom. The number of methoxy groups -OCH3 is 3. The van der Waals surface area contributed by atoms with Gasteiger partial charge in [-0.15, -0.1) is 0 Å². The number of nitrogens with two attached hydrogens (primary N) is 1. The maximum Gasteiger partial charge on any atom is 0.193 e. The van der Waals surface area contributed by atoms with Gasteiger partial charge in [0.05, 0.1) is 21.3 Å². The highest BCUT2D eigenvalue weighted by atomic mass is 16.5. The Hall–Kier alpha value is -2.89. The monoisotopic (exact) mass is 343 g/mol. The van der Waals surface area contributed by atoms with Crippen LogP contribution in [0.15, 0.2) is 41.4 Å². The Balaban J connectivity index is 2.06. The maximum atomic E-state index is 5.95. The minimum atomic E-state index is 0.371. The van der Waals surface area contributed by atoms with Crippen LogP contribution in [0.25, 0.3) is 0 Å². The number of nitrogens with zero attached hydrogens (tertiary/aromatic N) is 1. The van der Waals surface area contributed by atoms with Crippen LogP contribution in [0.5, 0.6) is 17.2 Å². The third-order valence-corrected chi connectivity index (χ3v) is 3.79. The van der Waals surface area contributed by atoms with Crippen LogP contribution in [0, 0.1) is 6.92 Å². The van der Waals surface area contributed by atoms with Gasteiger partial charge in [-0.3, -0.25) is 4.99 Å². The molecule has 0 spiro atoms. The Morgan fingerprint density at radius 2 is 1.60 bits per heavy atom. The average Bonchev–Trinajstić information content (AvgIpc) is 2.63. The summed E-state index contributed by atoms with van der Waals surface area (Å²) >= 11 is 0. The fourth-order valence-electron chi connectivity index (χ4n) is 2.44. The number of rotatable bonds is 7. The number of aryl methyl sites for hydroxylation is 1. The van der Waals surface area contributed by atoms with Gasteiger partial charge >= 0.3 is 0 Å². The summed E-state index contributed by atoms with van der Waals surface area (Å²) in [5.74, 6) is 2.46. The predicted molar refractivity (Wildman–Crippen MR) is 101 cm³/mol. The van der Waals surface area contributed by atoms with Crippen molar-refractivity contribution in [2.24, 2.45) is 10.7 Å². The summed E-state index contributed by atoms with van der Waals surface area (Å²) in [6.07, 6.45) is 0.632. The molecule has 0 aliphatic carbocycles. The van der Waals surface area contributed by atoms with Crippen LogP contribution in [-0.4, -0.2) is 33.8 Å². The summed E-state index contributed by atoms with van der Waals surface area (Å²) in [4.78, 5) is 4.37. The first-order valence-corrected chi connectivity index (χ1v) is 8.00. The SMILES string of the molecule is COc1cc(OC)c(CCN=C(N)Nc2ccc(C)cc2)c(OC)c1. The van der Waals surface area contributed by atoms with E-state index in [0.29, 0.717) is 36.2 Å². The maximum absolute atomic E-state index is 5.95. The minimum absolute atomic E-state index is 0.371. The molecular weight excluding hydrogens is 318 g/mol. The molecule has 0 heterocycles. The lowest BCUT2D eigenvalue weighted by atomic mass is 10.1. The molecule has 0 amide bonds. The molecule has 0 aliphatic rings. The van der Waals surface area contributed by atoms with Gasteiger partial charge in [-0.2, -0.15) is 0 Å². The quantitative estimate of drug-likeness (QED) is 0.597. The van der Waals surface area contributed by atoms with Gasteiger partial charge < -0.3 is 25.3 Å². The molecule has 0 aliphatic heterocycles. The molecule has 0 atom stereocenters. The van der Waals surface area contributed by atoms with Gasteiger partial charge in [0.1, 0.15) is 17.2 Å². The van der Waals surface area contributed by atoms with Crippen molar-refractivity contribution in [3.8, 4) is 17.2 Å². The summed E-state index contributed by atoms with van der Waals surface area (Å²) in [5, 5.41) is 3.08. The highest BCUT2D eigenvalue weighted by Crippen LogP contribution is 2.34. The second-order valence-corrected chi connectivity index (χ2v) is 5.52. The van der Waals surface area contributed by atoms with E-state index >= 15 is 0 Å². The molecule has 0 fully saturated rings. The van der Waals surface area contributed by atoms with Crippen LogP contribution in [0.4, 0.5) is 5.69 Å². The van der Waals surface area contributed by atoms with Crippen molar-refractivity contribution in [2.45, 2.75) is 13.3 Å². The average molecular weight is 343 g/mol. The minimum Gasteiger partial charge on any atom is -0.496 e. The summed E-state index contributed by atoms with van der Waals surface area (Å²) in [7, 11) is 4.85. The molecule has 2 rings (SSSR count). The second kappa shape index (κ2) is 8.82. The standard InChI is InChI=1S/C19H25N3O3/c1-13-5-7-14(8-6-13)22-19(20)21-10-9-16-17(24-3)11-15(23-2)12-18(16)25-4/h5-8,11-12H,9-10H2,1-4H3,(H3,20,21,22). The Morgan fingerprint density at radius 3 is 2.12 bits per heavy atom. The molecular formula is C19H25N3O3. The molecule has 25 heavy (non-hydrogen) atoms. The fraction of sp³-hybridized carbons (Fsp3) is 0.316. The topological polar surface area (TPSA) is 78.1 Å². The molecule has 0 saturated heterocycles. The van der Waals surface area contributed by atoms with Crippen molar-refractivity contribution in [3.63, 3.8) is 0 Å². The first-order valence-electron chi connectivity index (χ1n) is 8.00. The fourth-order valence-corrected chi connectivity index (χ4v) is 2.44. The van der Waals surface area contributed by atoms with Gasteiger partial charge in [-0.05, 0) is 25.5 Å². The van der Waals surface area contributed by atoms with Gasteiger partial charge in [-0.25, -0.2) is 0 Å². The lowest BCUT2D eigenvalue weighted by molar-refractivity contribution is 0.369. The summed E-state index contributed by atoms with van der Waals surface area (Å²) in [6.45, 7) is 2.54. The third kappa shape index (κ3) is 5.04. The zero-order chi connectivity index (χ0) is 18.2.